The van der Waals surface area contributed by atoms with E-state index in [1.54, 1.807) is 0 Å². The monoisotopic (exact) mass is 252 g/mol. The van der Waals surface area contributed by atoms with E-state index in [0.717, 1.165) is 25.7 Å². The first-order valence-corrected chi connectivity index (χ1v) is 7.34. The summed E-state index contributed by atoms with van der Waals surface area (Å²) >= 11 is 0. The highest BCUT2D eigenvalue weighted by molar-refractivity contribution is 5.12. The zero-order valence-electron chi connectivity index (χ0n) is 11.9. The van der Waals surface area contributed by atoms with E-state index >= 15 is 0 Å². The van der Waals surface area contributed by atoms with Gasteiger partial charge in [0.2, 0.25) is 0 Å². The lowest BCUT2D eigenvalue weighted by Gasteiger charge is -2.22. The largest absolute Gasteiger partial charge is 0.369 e. The Balaban J connectivity index is 1.56. The van der Waals surface area contributed by atoms with E-state index in [9.17, 15) is 0 Å². The second kappa shape index (κ2) is 3.13. The molecule has 3 aliphatic heterocycles. The molecule has 0 radical (unpaired) electrons. The van der Waals surface area contributed by atoms with E-state index in [0.29, 0.717) is 24.4 Å². The van der Waals surface area contributed by atoms with Crippen molar-refractivity contribution in [2.45, 2.75) is 89.0 Å². The fourth-order valence-electron chi connectivity index (χ4n) is 4.00. The van der Waals surface area contributed by atoms with Gasteiger partial charge in [-0.05, 0) is 38.5 Å². The van der Waals surface area contributed by atoms with Crippen molar-refractivity contribution >= 4 is 0 Å². The molecule has 0 bridgehead atoms. The SMILES string of the molecule is CC1(C)C[C@@H]2O[C@@]2(C)CC[C@@H]2O[C@@]2(C)C[C@H]2O[C@H]21. The Morgan fingerprint density at radius 3 is 2.39 bits per heavy atom. The van der Waals surface area contributed by atoms with Crippen LogP contribution in [0.3, 0.4) is 0 Å². The molecule has 0 amide bonds. The van der Waals surface area contributed by atoms with Crippen molar-refractivity contribution in [3.63, 3.8) is 0 Å². The molecule has 0 aromatic rings. The summed E-state index contributed by atoms with van der Waals surface area (Å²) in [6.45, 7) is 9.15. The third-order valence-corrected chi connectivity index (χ3v) is 5.64. The standard InChI is InChI=1S/C15H24O3/c1-13(2)8-11-14(3,18-11)6-5-10-15(4,17-10)7-9-12(13)16-9/h9-12H,5-8H2,1-4H3/t9-,10+,11+,12-,14+,15+/m1/s1. The summed E-state index contributed by atoms with van der Waals surface area (Å²) in [5, 5.41) is 0. The second-order valence-corrected chi connectivity index (χ2v) is 7.87. The van der Waals surface area contributed by atoms with Gasteiger partial charge in [-0.2, -0.15) is 0 Å². The second-order valence-electron chi connectivity index (χ2n) is 7.87. The van der Waals surface area contributed by atoms with E-state index in [-0.39, 0.29) is 16.6 Å². The molecule has 4 aliphatic rings. The smallest absolute Gasteiger partial charge is 0.0946 e. The molecule has 3 saturated heterocycles. The van der Waals surface area contributed by atoms with Gasteiger partial charge in [0.1, 0.15) is 0 Å². The van der Waals surface area contributed by atoms with Crippen molar-refractivity contribution in [3.8, 4) is 0 Å². The Labute approximate surface area is 109 Å². The van der Waals surface area contributed by atoms with Crippen LogP contribution in [-0.4, -0.2) is 35.6 Å². The molecule has 1 saturated carbocycles. The predicted octanol–water partition coefficient (Wildman–Crippen LogP) is 2.67. The van der Waals surface area contributed by atoms with Crippen LogP contribution in [0, 0.1) is 5.41 Å². The van der Waals surface area contributed by atoms with Gasteiger partial charge in [0, 0.05) is 6.42 Å². The lowest BCUT2D eigenvalue weighted by molar-refractivity contribution is 0.200. The third-order valence-electron chi connectivity index (χ3n) is 5.64. The van der Waals surface area contributed by atoms with Crippen LogP contribution in [0.5, 0.6) is 0 Å². The van der Waals surface area contributed by atoms with Gasteiger partial charge in [0.25, 0.3) is 0 Å². The minimum absolute atomic E-state index is 0.0839. The summed E-state index contributed by atoms with van der Waals surface area (Å²) in [4.78, 5) is 0. The number of fused-ring (bicyclic) bond motifs is 3. The van der Waals surface area contributed by atoms with Crippen LogP contribution in [0.4, 0.5) is 0 Å². The van der Waals surface area contributed by atoms with Crippen molar-refractivity contribution in [2.24, 2.45) is 5.41 Å². The molecule has 0 unspecified atom stereocenters. The van der Waals surface area contributed by atoms with E-state index < -0.39 is 0 Å². The van der Waals surface area contributed by atoms with Gasteiger partial charge in [0.15, 0.2) is 0 Å². The molecule has 0 aromatic carbocycles. The van der Waals surface area contributed by atoms with Gasteiger partial charge in [-0.15, -0.1) is 0 Å². The van der Waals surface area contributed by atoms with Crippen molar-refractivity contribution < 1.29 is 14.2 Å². The third kappa shape index (κ3) is 1.67. The predicted molar refractivity (Wildman–Crippen MR) is 67.5 cm³/mol. The first kappa shape index (κ1) is 11.7. The van der Waals surface area contributed by atoms with E-state index in [1.165, 1.54) is 0 Å². The maximum Gasteiger partial charge on any atom is 0.0946 e. The van der Waals surface area contributed by atoms with Crippen LogP contribution >= 0.6 is 0 Å². The number of rotatable bonds is 0. The highest BCUT2D eigenvalue weighted by atomic mass is 16.6. The van der Waals surface area contributed by atoms with Gasteiger partial charge >= 0.3 is 0 Å². The van der Waals surface area contributed by atoms with Crippen molar-refractivity contribution in [3.05, 3.63) is 0 Å². The molecular weight excluding hydrogens is 228 g/mol. The average molecular weight is 252 g/mol. The Morgan fingerprint density at radius 1 is 0.889 bits per heavy atom. The Bertz CT molecular complexity index is 393. The Hall–Kier alpha value is -0.120. The molecule has 0 N–H and O–H groups in total. The number of ether oxygens (including phenoxy) is 3. The van der Waals surface area contributed by atoms with Gasteiger partial charge in [-0.25, -0.2) is 0 Å². The van der Waals surface area contributed by atoms with E-state index in [2.05, 4.69) is 27.7 Å². The highest BCUT2D eigenvalue weighted by Gasteiger charge is 2.64. The van der Waals surface area contributed by atoms with Crippen LogP contribution in [0.25, 0.3) is 0 Å². The maximum absolute atomic E-state index is 5.97. The molecule has 3 heteroatoms. The van der Waals surface area contributed by atoms with Crippen molar-refractivity contribution in [2.75, 3.05) is 0 Å². The normalized spacial score (nSPS) is 60.7. The summed E-state index contributed by atoms with van der Waals surface area (Å²) in [7, 11) is 0. The lowest BCUT2D eigenvalue weighted by Crippen LogP contribution is -2.26. The number of hydrogen-bond acceptors (Lipinski definition) is 3. The van der Waals surface area contributed by atoms with Crippen LogP contribution in [0.15, 0.2) is 0 Å². The van der Waals surface area contributed by atoms with Crippen LogP contribution in [0.2, 0.25) is 0 Å². The lowest BCUT2D eigenvalue weighted by atomic mass is 9.80. The molecule has 4 fully saturated rings. The van der Waals surface area contributed by atoms with Gasteiger partial charge in [-0.1, -0.05) is 13.8 Å². The molecule has 6 atom stereocenters. The Kier molecular flexibility index (Phi) is 2.03. The first-order valence-electron chi connectivity index (χ1n) is 7.34. The minimum Gasteiger partial charge on any atom is -0.369 e. The summed E-state index contributed by atoms with van der Waals surface area (Å²) in [5.74, 6) is 0. The van der Waals surface area contributed by atoms with Crippen molar-refractivity contribution in [1.82, 2.24) is 0 Å². The molecule has 3 heterocycles. The average Bonchev–Trinajstić information content (AvgIpc) is 3.14. The molecule has 0 spiro atoms. The fourth-order valence-corrected chi connectivity index (χ4v) is 4.00. The molecule has 18 heavy (non-hydrogen) atoms. The minimum atomic E-state index is 0.0839. The zero-order chi connectivity index (χ0) is 12.8. The van der Waals surface area contributed by atoms with Gasteiger partial charge in [-0.3, -0.25) is 0 Å². The summed E-state index contributed by atoms with van der Waals surface area (Å²) in [6, 6.07) is 0. The maximum atomic E-state index is 5.97. The molecule has 3 nitrogen and oxygen atoms in total. The summed E-state index contributed by atoms with van der Waals surface area (Å²) < 4.78 is 17.8. The molecule has 102 valence electrons. The number of epoxide rings is 3. The van der Waals surface area contributed by atoms with Gasteiger partial charge in [0.05, 0.1) is 35.6 Å². The molecule has 0 aromatic heterocycles. The summed E-state index contributed by atoms with van der Waals surface area (Å²) in [5.41, 5.74) is 0.428. The topological polar surface area (TPSA) is 37.6 Å². The quantitative estimate of drug-likeness (QED) is 0.622. The van der Waals surface area contributed by atoms with Crippen molar-refractivity contribution in [1.29, 1.82) is 0 Å². The first-order chi connectivity index (χ1) is 8.32. The van der Waals surface area contributed by atoms with Crippen LogP contribution in [-0.2, 0) is 14.2 Å². The highest BCUT2D eigenvalue weighted by Crippen LogP contribution is 2.56. The molecular formula is C15H24O3. The van der Waals surface area contributed by atoms with E-state index in [1.807, 2.05) is 0 Å². The number of hydrogen-bond donors (Lipinski definition) is 0. The van der Waals surface area contributed by atoms with Gasteiger partial charge < -0.3 is 14.2 Å². The Morgan fingerprint density at radius 2 is 1.61 bits per heavy atom. The van der Waals surface area contributed by atoms with Crippen LogP contribution in [0.1, 0.15) is 53.4 Å². The van der Waals surface area contributed by atoms with E-state index in [4.69, 9.17) is 14.2 Å². The summed E-state index contributed by atoms with van der Waals surface area (Å²) in [6.07, 6.45) is 6.18. The molecule has 1 aliphatic carbocycles. The fraction of sp³-hybridized carbons (Fsp3) is 1.00. The zero-order valence-corrected chi connectivity index (χ0v) is 11.9. The molecule has 4 rings (SSSR count). The van der Waals surface area contributed by atoms with Crippen LogP contribution < -0.4 is 0 Å².